The van der Waals surface area contributed by atoms with Crippen LogP contribution in [0.2, 0.25) is 0 Å². The Kier molecular flexibility index (Phi) is 5.96. The van der Waals surface area contributed by atoms with Gasteiger partial charge < -0.3 is 4.74 Å². The van der Waals surface area contributed by atoms with Crippen molar-refractivity contribution in [3.63, 3.8) is 0 Å². The van der Waals surface area contributed by atoms with Crippen LogP contribution in [-0.2, 0) is 9.53 Å². The molecule has 0 aromatic carbocycles. The zero-order valence-corrected chi connectivity index (χ0v) is 11.7. The summed E-state index contributed by atoms with van der Waals surface area (Å²) in [6, 6.07) is 0.440. The lowest BCUT2D eigenvalue weighted by Gasteiger charge is -2.36. The number of rotatable bonds is 5. The number of carbonyl (C=O) groups excluding carboxylic acids is 1. The summed E-state index contributed by atoms with van der Waals surface area (Å²) in [7, 11) is 2.05. The number of carbonyl (C=O) groups is 1. The molecular weight excluding hydrogens is 214 g/mol. The highest BCUT2D eigenvalue weighted by molar-refractivity contribution is 5.75. The van der Waals surface area contributed by atoms with Crippen LogP contribution in [0.15, 0.2) is 0 Å². The molecule has 3 nitrogen and oxygen atoms in total. The third-order valence-electron chi connectivity index (χ3n) is 3.96. The molecule has 1 aliphatic rings. The van der Waals surface area contributed by atoms with Crippen LogP contribution in [0.5, 0.6) is 0 Å². The number of hydrogen-bond acceptors (Lipinski definition) is 3. The van der Waals surface area contributed by atoms with Crippen molar-refractivity contribution in [1.29, 1.82) is 0 Å². The van der Waals surface area contributed by atoms with E-state index in [9.17, 15) is 4.79 Å². The van der Waals surface area contributed by atoms with E-state index < -0.39 is 0 Å². The van der Waals surface area contributed by atoms with Gasteiger partial charge in [0.05, 0.1) is 6.61 Å². The van der Waals surface area contributed by atoms with E-state index in [-0.39, 0.29) is 12.0 Å². The molecule has 0 aromatic rings. The quantitative estimate of drug-likeness (QED) is 0.693. The van der Waals surface area contributed by atoms with Gasteiger partial charge in [-0.2, -0.15) is 0 Å². The number of nitrogens with zero attached hydrogens (tertiary/aromatic N) is 1. The van der Waals surface area contributed by atoms with Gasteiger partial charge in [-0.05, 0) is 52.0 Å². The third-order valence-corrected chi connectivity index (χ3v) is 3.96. The molecule has 0 heterocycles. The van der Waals surface area contributed by atoms with Crippen molar-refractivity contribution in [2.24, 2.45) is 5.92 Å². The van der Waals surface area contributed by atoms with E-state index in [1.807, 2.05) is 13.8 Å². The monoisotopic (exact) mass is 241 g/mol. The van der Waals surface area contributed by atoms with Crippen LogP contribution in [0, 0.1) is 5.92 Å². The molecule has 0 aliphatic heterocycles. The number of ether oxygens (including phenoxy) is 1. The van der Waals surface area contributed by atoms with Crippen LogP contribution in [0.3, 0.4) is 0 Å². The lowest BCUT2D eigenvalue weighted by molar-refractivity contribution is -0.150. The fourth-order valence-corrected chi connectivity index (χ4v) is 2.46. The molecule has 0 aromatic heterocycles. The average molecular weight is 241 g/mol. The Balaban J connectivity index is 2.40. The van der Waals surface area contributed by atoms with Gasteiger partial charge in [0.25, 0.3) is 0 Å². The van der Waals surface area contributed by atoms with Gasteiger partial charge >= 0.3 is 5.97 Å². The summed E-state index contributed by atoms with van der Waals surface area (Å²) in [5.74, 6) is 0.773. The maximum absolute atomic E-state index is 11.8. The molecule has 0 amide bonds. The van der Waals surface area contributed by atoms with Crippen molar-refractivity contribution < 1.29 is 9.53 Å². The molecule has 1 rings (SSSR count). The summed E-state index contributed by atoms with van der Waals surface area (Å²) in [4.78, 5) is 14.0. The van der Waals surface area contributed by atoms with E-state index in [1.54, 1.807) is 0 Å². The molecule has 3 heteroatoms. The SMILES string of the molecule is CCCOC(=O)[C@H](C)N(C)C1CCC(C)CC1. The first-order chi connectivity index (χ1) is 8.06. The largest absolute Gasteiger partial charge is 0.465 e. The molecular formula is C14H27NO2. The van der Waals surface area contributed by atoms with Crippen LogP contribution < -0.4 is 0 Å². The Labute approximate surface area is 106 Å². The van der Waals surface area contributed by atoms with Crippen molar-refractivity contribution >= 4 is 5.97 Å². The molecule has 1 saturated carbocycles. The molecule has 0 spiro atoms. The molecule has 1 atom stereocenters. The zero-order chi connectivity index (χ0) is 12.8. The second-order valence-electron chi connectivity index (χ2n) is 5.42. The summed E-state index contributed by atoms with van der Waals surface area (Å²) < 4.78 is 5.21. The highest BCUT2D eigenvalue weighted by Crippen LogP contribution is 2.27. The standard InChI is InChI=1S/C14H27NO2/c1-5-10-17-14(16)12(3)15(4)13-8-6-11(2)7-9-13/h11-13H,5-10H2,1-4H3/t11?,12-,13?/m0/s1. The second kappa shape index (κ2) is 7.00. The van der Waals surface area contributed by atoms with Crippen LogP contribution >= 0.6 is 0 Å². The molecule has 0 saturated heterocycles. The summed E-state index contributed by atoms with van der Waals surface area (Å²) in [6.07, 6.45) is 5.88. The minimum absolute atomic E-state index is 0.0760. The van der Waals surface area contributed by atoms with E-state index in [0.29, 0.717) is 12.6 Å². The fourth-order valence-electron chi connectivity index (χ4n) is 2.46. The molecule has 100 valence electrons. The molecule has 17 heavy (non-hydrogen) atoms. The maximum atomic E-state index is 11.8. The van der Waals surface area contributed by atoms with E-state index in [4.69, 9.17) is 4.74 Å². The molecule has 0 N–H and O–H groups in total. The first-order valence-corrected chi connectivity index (χ1v) is 6.94. The summed E-state index contributed by atoms with van der Waals surface area (Å²) in [5.41, 5.74) is 0. The van der Waals surface area contributed by atoms with Crippen molar-refractivity contribution in [1.82, 2.24) is 4.90 Å². The van der Waals surface area contributed by atoms with Gasteiger partial charge in [-0.15, -0.1) is 0 Å². The third kappa shape index (κ3) is 4.30. The van der Waals surface area contributed by atoms with Crippen LogP contribution in [-0.4, -0.2) is 36.6 Å². The maximum Gasteiger partial charge on any atom is 0.323 e. The van der Waals surface area contributed by atoms with Crippen LogP contribution in [0.4, 0.5) is 0 Å². The van der Waals surface area contributed by atoms with E-state index in [2.05, 4.69) is 18.9 Å². The van der Waals surface area contributed by atoms with Gasteiger partial charge in [-0.25, -0.2) is 0 Å². The van der Waals surface area contributed by atoms with Crippen LogP contribution in [0.1, 0.15) is 52.9 Å². The predicted octanol–water partition coefficient (Wildman–Crippen LogP) is 2.84. The Morgan fingerprint density at radius 2 is 1.94 bits per heavy atom. The smallest absolute Gasteiger partial charge is 0.323 e. The van der Waals surface area contributed by atoms with Gasteiger partial charge in [0, 0.05) is 6.04 Å². The minimum Gasteiger partial charge on any atom is -0.465 e. The van der Waals surface area contributed by atoms with E-state index in [0.717, 1.165) is 12.3 Å². The number of likely N-dealkylation sites (N-methyl/N-ethyl adjacent to an activating group) is 1. The highest BCUT2D eigenvalue weighted by Gasteiger charge is 2.28. The van der Waals surface area contributed by atoms with Crippen molar-refractivity contribution in [2.45, 2.75) is 65.0 Å². The van der Waals surface area contributed by atoms with Crippen LogP contribution in [0.25, 0.3) is 0 Å². The normalized spacial score (nSPS) is 26.9. The lowest BCUT2D eigenvalue weighted by atomic mass is 9.86. The highest BCUT2D eigenvalue weighted by atomic mass is 16.5. The van der Waals surface area contributed by atoms with E-state index >= 15 is 0 Å². The Morgan fingerprint density at radius 1 is 1.35 bits per heavy atom. The van der Waals surface area contributed by atoms with Crippen molar-refractivity contribution in [3.8, 4) is 0 Å². The van der Waals surface area contributed by atoms with Gasteiger partial charge in [0.2, 0.25) is 0 Å². The molecule has 1 fully saturated rings. The topological polar surface area (TPSA) is 29.5 Å². The lowest BCUT2D eigenvalue weighted by Crippen LogP contribution is -2.45. The van der Waals surface area contributed by atoms with Gasteiger partial charge in [0.1, 0.15) is 6.04 Å². The number of esters is 1. The van der Waals surface area contributed by atoms with Crippen molar-refractivity contribution in [2.75, 3.05) is 13.7 Å². The number of hydrogen-bond donors (Lipinski definition) is 0. The average Bonchev–Trinajstić information content (AvgIpc) is 2.35. The Hall–Kier alpha value is -0.570. The Morgan fingerprint density at radius 3 is 2.47 bits per heavy atom. The van der Waals surface area contributed by atoms with Gasteiger partial charge in [-0.3, -0.25) is 9.69 Å². The first kappa shape index (κ1) is 14.5. The summed E-state index contributed by atoms with van der Waals surface area (Å²) in [5, 5.41) is 0. The molecule has 0 radical (unpaired) electrons. The molecule has 0 unspecified atom stereocenters. The van der Waals surface area contributed by atoms with Crippen molar-refractivity contribution in [3.05, 3.63) is 0 Å². The summed E-state index contributed by atoms with van der Waals surface area (Å²) in [6.45, 7) is 6.83. The second-order valence-corrected chi connectivity index (χ2v) is 5.42. The summed E-state index contributed by atoms with van der Waals surface area (Å²) >= 11 is 0. The zero-order valence-electron chi connectivity index (χ0n) is 11.7. The van der Waals surface area contributed by atoms with Gasteiger partial charge in [0.15, 0.2) is 0 Å². The molecule has 0 bridgehead atoms. The van der Waals surface area contributed by atoms with Gasteiger partial charge in [-0.1, -0.05) is 13.8 Å². The predicted molar refractivity (Wildman–Crippen MR) is 69.9 cm³/mol. The fraction of sp³-hybridized carbons (Fsp3) is 0.929. The molecule has 1 aliphatic carbocycles. The Bertz CT molecular complexity index is 234. The minimum atomic E-state index is -0.111. The first-order valence-electron chi connectivity index (χ1n) is 6.94. The van der Waals surface area contributed by atoms with E-state index in [1.165, 1.54) is 25.7 Å².